The molecule has 1 saturated heterocycles. The van der Waals surface area contributed by atoms with Gasteiger partial charge in [0.05, 0.1) is 13.2 Å². The fourth-order valence-corrected chi connectivity index (χ4v) is 1.92. The van der Waals surface area contributed by atoms with Gasteiger partial charge in [-0.05, 0) is 13.8 Å². The number of rotatable bonds is 4. The van der Waals surface area contributed by atoms with Crippen LogP contribution < -0.4 is 5.32 Å². The van der Waals surface area contributed by atoms with Crippen LogP contribution in [0.25, 0.3) is 0 Å². The van der Waals surface area contributed by atoms with E-state index in [9.17, 15) is 0 Å². The van der Waals surface area contributed by atoms with Crippen molar-refractivity contribution in [1.82, 2.24) is 10.2 Å². The summed E-state index contributed by atoms with van der Waals surface area (Å²) in [7, 11) is 0. The van der Waals surface area contributed by atoms with Crippen molar-refractivity contribution in [3.63, 3.8) is 0 Å². The molecule has 0 spiro atoms. The molecular weight excluding hydrogens is 176 g/mol. The second kappa shape index (κ2) is 5.69. The minimum Gasteiger partial charge on any atom is -0.379 e. The van der Waals surface area contributed by atoms with Crippen molar-refractivity contribution in [2.75, 3.05) is 26.3 Å². The van der Waals surface area contributed by atoms with Gasteiger partial charge < -0.3 is 10.1 Å². The highest BCUT2D eigenvalue weighted by atomic mass is 16.5. The molecule has 1 aliphatic rings. The van der Waals surface area contributed by atoms with Gasteiger partial charge in [-0.25, -0.2) is 0 Å². The monoisotopic (exact) mass is 200 g/mol. The highest BCUT2D eigenvalue weighted by Gasteiger charge is 2.23. The lowest BCUT2D eigenvalue weighted by Crippen LogP contribution is -2.51. The summed E-state index contributed by atoms with van der Waals surface area (Å²) in [5.41, 5.74) is 0. The van der Waals surface area contributed by atoms with Gasteiger partial charge in [-0.3, -0.25) is 4.90 Å². The maximum atomic E-state index is 5.43. The Kier molecular flexibility index (Phi) is 4.85. The number of nitrogens with zero attached hydrogens (tertiary/aromatic N) is 1. The Morgan fingerprint density at radius 1 is 1.43 bits per heavy atom. The standard InChI is InChI=1S/C11H24N2O/c1-9(2)12-7-10(3)13-5-6-14-8-11(13)4/h9-12H,5-8H2,1-4H3. The van der Waals surface area contributed by atoms with Crippen LogP contribution in [0.2, 0.25) is 0 Å². The predicted octanol–water partition coefficient (Wildman–Crippen LogP) is 1.09. The first-order valence-electron chi connectivity index (χ1n) is 5.68. The number of nitrogens with one attached hydrogen (secondary N) is 1. The van der Waals surface area contributed by atoms with Crippen LogP contribution in [0.4, 0.5) is 0 Å². The number of hydrogen-bond acceptors (Lipinski definition) is 3. The van der Waals surface area contributed by atoms with Gasteiger partial charge in [0, 0.05) is 31.2 Å². The van der Waals surface area contributed by atoms with E-state index in [-0.39, 0.29) is 0 Å². The van der Waals surface area contributed by atoms with Gasteiger partial charge in [0.15, 0.2) is 0 Å². The molecule has 0 radical (unpaired) electrons. The second-order valence-electron chi connectivity index (χ2n) is 4.57. The molecule has 1 heterocycles. The summed E-state index contributed by atoms with van der Waals surface area (Å²) < 4.78 is 5.43. The van der Waals surface area contributed by atoms with Gasteiger partial charge in [-0.1, -0.05) is 13.8 Å². The summed E-state index contributed by atoms with van der Waals surface area (Å²) in [6.45, 7) is 12.8. The van der Waals surface area contributed by atoms with Crippen LogP contribution in [-0.4, -0.2) is 49.3 Å². The third-order valence-corrected chi connectivity index (χ3v) is 2.81. The van der Waals surface area contributed by atoms with E-state index in [0.29, 0.717) is 18.1 Å². The summed E-state index contributed by atoms with van der Waals surface area (Å²) in [5.74, 6) is 0. The van der Waals surface area contributed by atoms with Crippen LogP contribution in [0.3, 0.4) is 0 Å². The Morgan fingerprint density at radius 3 is 2.71 bits per heavy atom. The first kappa shape index (κ1) is 12.0. The zero-order chi connectivity index (χ0) is 10.6. The average molecular weight is 200 g/mol. The Morgan fingerprint density at radius 2 is 2.14 bits per heavy atom. The summed E-state index contributed by atoms with van der Waals surface area (Å²) in [4.78, 5) is 2.53. The van der Waals surface area contributed by atoms with Crippen molar-refractivity contribution < 1.29 is 4.74 Å². The van der Waals surface area contributed by atoms with E-state index in [1.54, 1.807) is 0 Å². The van der Waals surface area contributed by atoms with Crippen LogP contribution in [-0.2, 0) is 4.74 Å². The molecule has 2 unspecified atom stereocenters. The molecule has 1 N–H and O–H groups in total. The van der Waals surface area contributed by atoms with Crippen LogP contribution >= 0.6 is 0 Å². The molecule has 2 atom stereocenters. The fraction of sp³-hybridized carbons (Fsp3) is 1.00. The first-order chi connectivity index (χ1) is 6.61. The molecule has 3 heteroatoms. The summed E-state index contributed by atoms with van der Waals surface area (Å²) in [6.07, 6.45) is 0. The van der Waals surface area contributed by atoms with Crippen LogP contribution in [0.15, 0.2) is 0 Å². The lowest BCUT2D eigenvalue weighted by molar-refractivity contribution is -0.0183. The van der Waals surface area contributed by atoms with E-state index < -0.39 is 0 Å². The number of morpholine rings is 1. The van der Waals surface area contributed by atoms with Gasteiger partial charge in [-0.2, -0.15) is 0 Å². The highest BCUT2D eigenvalue weighted by Crippen LogP contribution is 2.10. The van der Waals surface area contributed by atoms with E-state index in [2.05, 4.69) is 37.9 Å². The van der Waals surface area contributed by atoms with E-state index in [4.69, 9.17) is 4.74 Å². The maximum Gasteiger partial charge on any atom is 0.0619 e. The third kappa shape index (κ3) is 3.56. The summed E-state index contributed by atoms with van der Waals surface area (Å²) in [5, 5.41) is 3.48. The topological polar surface area (TPSA) is 24.5 Å². The summed E-state index contributed by atoms with van der Waals surface area (Å²) >= 11 is 0. The molecule has 84 valence electrons. The van der Waals surface area contributed by atoms with Crippen molar-refractivity contribution >= 4 is 0 Å². The summed E-state index contributed by atoms with van der Waals surface area (Å²) in [6, 6.07) is 1.75. The van der Waals surface area contributed by atoms with Crippen molar-refractivity contribution in [2.45, 2.75) is 45.8 Å². The smallest absolute Gasteiger partial charge is 0.0619 e. The molecule has 3 nitrogen and oxygen atoms in total. The molecule has 1 fully saturated rings. The van der Waals surface area contributed by atoms with Crippen LogP contribution in [0.1, 0.15) is 27.7 Å². The molecule has 14 heavy (non-hydrogen) atoms. The number of hydrogen-bond donors (Lipinski definition) is 1. The first-order valence-corrected chi connectivity index (χ1v) is 5.68. The molecule has 0 saturated carbocycles. The average Bonchev–Trinajstić information content (AvgIpc) is 2.15. The molecule has 0 aromatic rings. The van der Waals surface area contributed by atoms with Gasteiger partial charge in [0.25, 0.3) is 0 Å². The minimum atomic E-state index is 0.563. The molecule has 0 aromatic heterocycles. The van der Waals surface area contributed by atoms with Crippen molar-refractivity contribution in [3.05, 3.63) is 0 Å². The molecular formula is C11H24N2O. The van der Waals surface area contributed by atoms with Crippen molar-refractivity contribution in [2.24, 2.45) is 0 Å². The van der Waals surface area contributed by atoms with E-state index in [1.165, 1.54) is 0 Å². The lowest BCUT2D eigenvalue weighted by atomic mass is 10.2. The fourth-order valence-electron chi connectivity index (χ4n) is 1.92. The van der Waals surface area contributed by atoms with Gasteiger partial charge in [0.1, 0.15) is 0 Å². The second-order valence-corrected chi connectivity index (χ2v) is 4.57. The zero-order valence-corrected chi connectivity index (χ0v) is 9.92. The quantitative estimate of drug-likeness (QED) is 0.735. The van der Waals surface area contributed by atoms with Gasteiger partial charge in [0.2, 0.25) is 0 Å². The Hall–Kier alpha value is -0.120. The predicted molar refractivity (Wildman–Crippen MR) is 59.6 cm³/mol. The van der Waals surface area contributed by atoms with Crippen molar-refractivity contribution in [3.8, 4) is 0 Å². The molecule has 0 bridgehead atoms. The van der Waals surface area contributed by atoms with E-state index in [0.717, 1.165) is 26.3 Å². The largest absolute Gasteiger partial charge is 0.379 e. The lowest BCUT2D eigenvalue weighted by Gasteiger charge is -2.38. The van der Waals surface area contributed by atoms with E-state index in [1.807, 2.05) is 0 Å². The Labute approximate surface area is 87.8 Å². The van der Waals surface area contributed by atoms with Crippen LogP contribution in [0.5, 0.6) is 0 Å². The Balaban J connectivity index is 2.30. The molecule has 1 aliphatic heterocycles. The third-order valence-electron chi connectivity index (χ3n) is 2.81. The molecule has 0 aromatic carbocycles. The molecule has 1 rings (SSSR count). The highest BCUT2D eigenvalue weighted by molar-refractivity contribution is 4.78. The molecule has 0 amide bonds. The van der Waals surface area contributed by atoms with Gasteiger partial charge >= 0.3 is 0 Å². The number of ether oxygens (including phenoxy) is 1. The van der Waals surface area contributed by atoms with Crippen LogP contribution in [0, 0.1) is 0 Å². The Bertz CT molecular complexity index is 161. The normalized spacial score (nSPS) is 26.8. The molecule has 0 aliphatic carbocycles. The zero-order valence-electron chi connectivity index (χ0n) is 9.92. The SMILES string of the molecule is CC(C)NCC(C)N1CCOCC1C. The van der Waals surface area contributed by atoms with Crippen molar-refractivity contribution in [1.29, 1.82) is 0 Å². The van der Waals surface area contributed by atoms with Gasteiger partial charge in [-0.15, -0.1) is 0 Å². The minimum absolute atomic E-state index is 0.563. The van der Waals surface area contributed by atoms with E-state index >= 15 is 0 Å². The maximum absolute atomic E-state index is 5.43.